The Hall–Kier alpha value is -1.41. The minimum atomic E-state index is 0.255. The van der Waals surface area contributed by atoms with Crippen LogP contribution in [0.2, 0.25) is 5.02 Å². The predicted octanol–water partition coefficient (Wildman–Crippen LogP) is 5.18. The third-order valence-corrected chi connectivity index (χ3v) is 4.19. The number of phenolic OH excluding ortho intramolecular Hbond substituents is 1. The van der Waals surface area contributed by atoms with E-state index in [4.69, 9.17) is 11.6 Å². The number of phenols is 1. The second-order valence-corrected chi connectivity index (χ2v) is 5.65. The first-order valence-corrected chi connectivity index (χ1v) is 7.61. The minimum absolute atomic E-state index is 0.255. The number of aromatic hydroxyl groups is 1. The second-order valence-electron chi connectivity index (χ2n) is 5.22. The van der Waals surface area contributed by atoms with Crippen LogP contribution in [0.1, 0.15) is 44.6 Å². The van der Waals surface area contributed by atoms with Crippen molar-refractivity contribution in [3.05, 3.63) is 47.6 Å². The number of halogens is 1. The van der Waals surface area contributed by atoms with Crippen LogP contribution >= 0.6 is 11.6 Å². The molecule has 0 unspecified atom stereocenters. The lowest BCUT2D eigenvalue weighted by Crippen LogP contribution is -2.31. The van der Waals surface area contributed by atoms with E-state index >= 15 is 0 Å². The fourth-order valence-corrected chi connectivity index (χ4v) is 3.13. The van der Waals surface area contributed by atoms with Gasteiger partial charge in [-0.3, -0.25) is 0 Å². The molecule has 0 atom stereocenters. The molecule has 1 fully saturated rings. The molecule has 20 heavy (non-hydrogen) atoms. The summed E-state index contributed by atoms with van der Waals surface area (Å²) in [6.07, 6.45) is 10.1. The van der Waals surface area contributed by atoms with E-state index in [1.165, 1.54) is 32.1 Å². The fourth-order valence-electron chi connectivity index (χ4n) is 2.96. The summed E-state index contributed by atoms with van der Waals surface area (Å²) in [5.41, 5.74) is 1.75. The Bertz CT molecular complexity index is 504. The van der Waals surface area contributed by atoms with E-state index in [1.54, 1.807) is 12.1 Å². The van der Waals surface area contributed by atoms with Gasteiger partial charge in [-0.1, -0.05) is 43.5 Å². The highest BCUT2D eigenvalue weighted by molar-refractivity contribution is 6.30. The third kappa shape index (κ3) is 3.18. The maximum Gasteiger partial charge on any atom is 0.124 e. The van der Waals surface area contributed by atoms with Crippen molar-refractivity contribution in [1.29, 1.82) is 0 Å². The Morgan fingerprint density at radius 1 is 1.35 bits per heavy atom. The van der Waals surface area contributed by atoms with Crippen LogP contribution in [0.5, 0.6) is 5.75 Å². The standard InChI is InChI=1S/C17H22ClNO/c1-3-16(15-12-13(18)10-11-17(15)20)19(4-2)14-8-6-5-7-9-14/h3-4,10-12,14,20H,2,5-9H2,1H3/b16-3-. The molecular formula is C17H22ClNO. The quantitative estimate of drug-likeness (QED) is 0.826. The lowest BCUT2D eigenvalue weighted by Gasteiger charge is -2.35. The van der Waals surface area contributed by atoms with Crippen LogP contribution in [0.4, 0.5) is 0 Å². The van der Waals surface area contributed by atoms with E-state index in [9.17, 15) is 5.11 Å². The molecule has 0 radical (unpaired) electrons. The Kier molecular flexibility index (Phi) is 5.13. The van der Waals surface area contributed by atoms with Crippen molar-refractivity contribution in [1.82, 2.24) is 4.90 Å². The molecule has 2 nitrogen and oxygen atoms in total. The van der Waals surface area contributed by atoms with Crippen LogP contribution in [0.15, 0.2) is 37.1 Å². The molecule has 2 rings (SSSR count). The van der Waals surface area contributed by atoms with Crippen molar-refractivity contribution < 1.29 is 5.11 Å². The summed E-state index contributed by atoms with van der Waals surface area (Å²) in [6.45, 7) is 5.93. The average Bonchev–Trinajstić information content (AvgIpc) is 2.48. The molecule has 1 aromatic rings. The zero-order chi connectivity index (χ0) is 14.5. The van der Waals surface area contributed by atoms with Crippen LogP contribution in [-0.2, 0) is 0 Å². The molecule has 1 saturated carbocycles. The maximum absolute atomic E-state index is 10.1. The lowest BCUT2D eigenvalue weighted by atomic mass is 9.93. The van der Waals surface area contributed by atoms with Crippen LogP contribution < -0.4 is 0 Å². The molecule has 0 bridgehead atoms. The lowest BCUT2D eigenvalue weighted by molar-refractivity contribution is 0.288. The van der Waals surface area contributed by atoms with Gasteiger partial charge in [-0.05, 0) is 44.2 Å². The Labute approximate surface area is 126 Å². The van der Waals surface area contributed by atoms with Crippen LogP contribution in [-0.4, -0.2) is 16.0 Å². The summed E-state index contributed by atoms with van der Waals surface area (Å²) < 4.78 is 0. The highest BCUT2D eigenvalue weighted by Gasteiger charge is 2.23. The number of benzene rings is 1. The molecule has 0 amide bonds. The maximum atomic E-state index is 10.1. The van der Waals surface area contributed by atoms with Gasteiger partial charge in [0.25, 0.3) is 0 Å². The number of nitrogens with zero attached hydrogens (tertiary/aromatic N) is 1. The van der Waals surface area contributed by atoms with Crippen molar-refractivity contribution >= 4 is 17.3 Å². The summed E-state index contributed by atoms with van der Waals surface area (Å²) in [6, 6.07) is 5.62. The highest BCUT2D eigenvalue weighted by atomic mass is 35.5. The van der Waals surface area contributed by atoms with Gasteiger partial charge in [0.2, 0.25) is 0 Å². The molecule has 1 aromatic carbocycles. The minimum Gasteiger partial charge on any atom is -0.507 e. The molecule has 3 heteroatoms. The fraction of sp³-hybridized carbons (Fsp3) is 0.412. The summed E-state index contributed by atoms with van der Waals surface area (Å²) >= 11 is 6.07. The van der Waals surface area contributed by atoms with Gasteiger partial charge >= 0.3 is 0 Å². The topological polar surface area (TPSA) is 23.5 Å². The zero-order valence-electron chi connectivity index (χ0n) is 12.0. The van der Waals surface area contributed by atoms with Gasteiger partial charge in [-0.25, -0.2) is 0 Å². The number of hydrogen-bond donors (Lipinski definition) is 1. The van der Waals surface area contributed by atoms with Crippen molar-refractivity contribution in [3.8, 4) is 5.75 Å². The van der Waals surface area contributed by atoms with Gasteiger partial charge in [0.15, 0.2) is 0 Å². The Morgan fingerprint density at radius 2 is 2.05 bits per heavy atom. The van der Waals surface area contributed by atoms with Gasteiger partial charge in [0, 0.05) is 22.3 Å². The largest absolute Gasteiger partial charge is 0.507 e. The highest BCUT2D eigenvalue weighted by Crippen LogP contribution is 2.34. The monoisotopic (exact) mass is 291 g/mol. The SMILES string of the molecule is C=CN(/C(=C\C)c1cc(Cl)ccc1O)C1CCCCC1. The van der Waals surface area contributed by atoms with E-state index in [0.29, 0.717) is 11.1 Å². The van der Waals surface area contributed by atoms with E-state index in [2.05, 4.69) is 11.5 Å². The number of hydrogen-bond acceptors (Lipinski definition) is 2. The van der Waals surface area contributed by atoms with Crippen LogP contribution in [0, 0.1) is 0 Å². The summed E-state index contributed by atoms with van der Waals surface area (Å²) in [5.74, 6) is 0.255. The average molecular weight is 292 g/mol. The first kappa shape index (κ1) is 15.0. The van der Waals surface area contributed by atoms with Gasteiger partial charge in [-0.15, -0.1) is 0 Å². The number of rotatable bonds is 4. The second kappa shape index (κ2) is 6.85. The summed E-state index contributed by atoms with van der Waals surface area (Å²) in [4.78, 5) is 2.19. The van der Waals surface area contributed by atoms with Gasteiger partial charge in [0.1, 0.15) is 5.75 Å². The molecule has 0 saturated heterocycles. The molecule has 1 aliphatic carbocycles. The first-order chi connectivity index (χ1) is 9.67. The van der Waals surface area contributed by atoms with Gasteiger partial charge in [0.05, 0.1) is 0 Å². The Morgan fingerprint density at radius 3 is 2.65 bits per heavy atom. The molecule has 0 spiro atoms. The van der Waals surface area contributed by atoms with E-state index in [1.807, 2.05) is 25.3 Å². The van der Waals surface area contributed by atoms with Gasteiger partial charge in [-0.2, -0.15) is 0 Å². The number of allylic oxidation sites excluding steroid dienone is 1. The molecule has 0 heterocycles. The van der Waals surface area contributed by atoms with Crippen molar-refractivity contribution in [3.63, 3.8) is 0 Å². The summed E-state index contributed by atoms with van der Waals surface area (Å²) in [7, 11) is 0. The Balaban J connectivity index is 2.34. The zero-order valence-corrected chi connectivity index (χ0v) is 12.7. The van der Waals surface area contributed by atoms with Gasteiger partial charge < -0.3 is 10.0 Å². The van der Waals surface area contributed by atoms with Crippen LogP contribution in [0.25, 0.3) is 5.70 Å². The molecule has 1 aliphatic rings. The van der Waals surface area contributed by atoms with E-state index in [0.717, 1.165) is 11.3 Å². The van der Waals surface area contributed by atoms with E-state index in [-0.39, 0.29) is 5.75 Å². The molecule has 1 N–H and O–H groups in total. The van der Waals surface area contributed by atoms with E-state index < -0.39 is 0 Å². The first-order valence-electron chi connectivity index (χ1n) is 7.23. The molecular weight excluding hydrogens is 270 g/mol. The van der Waals surface area contributed by atoms with Crippen molar-refractivity contribution in [2.45, 2.75) is 45.1 Å². The smallest absolute Gasteiger partial charge is 0.124 e. The predicted molar refractivity (Wildman–Crippen MR) is 85.7 cm³/mol. The van der Waals surface area contributed by atoms with Crippen molar-refractivity contribution in [2.24, 2.45) is 0 Å². The molecule has 0 aliphatic heterocycles. The molecule has 0 aromatic heterocycles. The third-order valence-electron chi connectivity index (χ3n) is 3.95. The van der Waals surface area contributed by atoms with Crippen LogP contribution in [0.3, 0.4) is 0 Å². The molecule has 108 valence electrons. The van der Waals surface area contributed by atoms with Crippen molar-refractivity contribution in [2.75, 3.05) is 0 Å². The normalized spacial score (nSPS) is 17.0. The summed E-state index contributed by atoms with van der Waals surface area (Å²) in [5, 5.41) is 10.7.